The van der Waals surface area contributed by atoms with Gasteiger partial charge < -0.3 is 14.9 Å². The van der Waals surface area contributed by atoms with Crippen LogP contribution in [0.2, 0.25) is 0 Å². The second-order valence-corrected chi connectivity index (χ2v) is 6.76. The molecule has 0 aliphatic rings. The van der Waals surface area contributed by atoms with Gasteiger partial charge in [0, 0.05) is 17.2 Å². The number of halogens is 1. The molecular weight excluding hydrogens is 357 g/mol. The van der Waals surface area contributed by atoms with Crippen LogP contribution in [-0.4, -0.2) is 29.2 Å². The number of hydrogen-bond acceptors (Lipinski definition) is 5. The van der Waals surface area contributed by atoms with Crippen LogP contribution >= 0.6 is 11.8 Å². The van der Waals surface area contributed by atoms with Crippen LogP contribution in [0, 0.1) is 11.7 Å². The fourth-order valence-electron chi connectivity index (χ4n) is 2.50. The van der Waals surface area contributed by atoms with E-state index in [1.807, 2.05) is 18.4 Å². The molecule has 0 aromatic heterocycles. The average Bonchev–Trinajstić information content (AvgIpc) is 2.63. The lowest BCUT2D eigenvalue weighted by atomic mass is 9.94. The second kappa shape index (κ2) is 9.45. The number of hydrogen-bond donors (Lipinski definition) is 3. The molecule has 0 saturated heterocycles. The Morgan fingerprint density at radius 1 is 1.27 bits per heavy atom. The fourth-order valence-corrected chi connectivity index (χ4v) is 2.91. The smallest absolute Gasteiger partial charge is 0.412 e. The van der Waals surface area contributed by atoms with Crippen LogP contribution in [0.4, 0.5) is 14.9 Å². The number of ether oxygens (including phenoxy) is 1. The summed E-state index contributed by atoms with van der Waals surface area (Å²) in [6.45, 7) is 1.71. The molecule has 2 aromatic carbocycles. The highest BCUT2D eigenvalue weighted by molar-refractivity contribution is 7.98. The van der Waals surface area contributed by atoms with Crippen LogP contribution < -0.4 is 5.32 Å². The summed E-state index contributed by atoms with van der Waals surface area (Å²) < 4.78 is 19.2. The van der Waals surface area contributed by atoms with Crippen molar-refractivity contribution in [2.75, 3.05) is 18.2 Å². The van der Waals surface area contributed by atoms with Gasteiger partial charge in [0.1, 0.15) is 6.10 Å². The molecule has 0 unspecified atom stereocenters. The largest absolute Gasteiger partial charge is 0.505 e. The minimum atomic E-state index is -0.791. The molecule has 0 bridgehead atoms. The zero-order valence-corrected chi connectivity index (χ0v) is 15.4. The highest BCUT2D eigenvalue weighted by atomic mass is 32.2. The van der Waals surface area contributed by atoms with E-state index in [9.17, 15) is 19.4 Å². The van der Waals surface area contributed by atoms with Crippen molar-refractivity contribution in [2.24, 2.45) is 5.92 Å². The summed E-state index contributed by atoms with van der Waals surface area (Å²) in [7, 11) is 0. The van der Waals surface area contributed by atoms with E-state index >= 15 is 0 Å². The Bertz CT molecular complexity index is 739. The number of nitrogens with one attached hydrogen (secondary N) is 1. The summed E-state index contributed by atoms with van der Waals surface area (Å²) >= 11 is 1.59. The Balaban J connectivity index is 2.14. The number of rotatable bonds is 7. The van der Waals surface area contributed by atoms with Crippen molar-refractivity contribution >= 4 is 23.5 Å². The van der Waals surface area contributed by atoms with E-state index in [1.165, 1.54) is 12.1 Å². The van der Waals surface area contributed by atoms with E-state index in [2.05, 4.69) is 5.32 Å². The van der Waals surface area contributed by atoms with E-state index in [-0.39, 0.29) is 12.5 Å². The summed E-state index contributed by atoms with van der Waals surface area (Å²) in [5.41, 5.74) is 0.993. The van der Waals surface area contributed by atoms with Crippen LogP contribution in [0.5, 0.6) is 5.75 Å². The minimum Gasteiger partial charge on any atom is -0.505 e. The van der Waals surface area contributed by atoms with Crippen molar-refractivity contribution in [3.05, 3.63) is 53.8 Å². The molecule has 1 amide bonds. The Morgan fingerprint density at radius 3 is 2.54 bits per heavy atom. The molecule has 0 heterocycles. The molecular formula is C19H22FNO4S. The Hall–Kier alpha value is -2.25. The number of carbonyl (C=O) groups is 1. The molecule has 0 fully saturated rings. The van der Waals surface area contributed by atoms with Gasteiger partial charge in [-0.05, 0) is 60.6 Å². The molecule has 0 radical (unpaired) electrons. The summed E-state index contributed by atoms with van der Waals surface area (Å²) in [5.74, 6) is -1.51. The molecule has 7 heteroatoms. The van der Waals surface area contributed by atoms with Gasteiger partial charge in [-0.2, -0.15) is 0 Å². The number of amides is 1. The first-order valence-corrected chi connectivity index (χ1v) is 9.38. The van der Waals surface area contributed by atoms with Crippen LogP contribution in [0.3, 0.4) is 0 Å². The van der Waals surface area contributed by atoms with Crippen LogP contribution in [0.15, 0.2) is 47.4 Å². The zero-order valence-electron chi connectivity index (χ0n) is 14.6. The van der Waals surface area contributed by atoms with Crippen molar-refractivity contribution in [2.45, 2.75) is 24.3 Å². The van der Waals surface area contributed by atoms with E-state index in [0.29, 0.717) is 17.7 Å². The quantitative estimate of drug-likeness (QED) is 0.615. The van der Waals surface area contributed by atoms with Gasteiger partial charge in [-0.25, -0.2) is 9.18 Å². The van der Waals surface area contributed by atoms with Gasteiger partial charge in [0.2, 0.25) is 0 Å². The third-order valence-electron chi connectivity index (χ3n) is 3.97. The number of phenolic OH excluding ortho intramolecular Hbond substituents is 1. The van der Waals surface area contributed by atoms with Crippen LogP contribution in [0.1, 0.15) is 25.0 Å². The molecule has 0 saturated carbocycles. The third-order valence-corrected chi connectivity index (χ3v) is 4.72. The van der Waals surface area contributed by atoms with Crippen molar-refractivity contribution in [3.8, 4) is 5.75 Å². The fraction of sp³-hybridized carbons (Fsp3) is 0.316. The maximum Gasteiger partial charge on any atom is 0.412 e. The number of benzene rings is 2. The first kappa shape index (κ1) is 20.1. The average molecular weight is 379 g/mol. The standard InChI is InChI=1S/C19H22FNO4S/c1-12(9-10-22)18(13-3-8-17(23)16(20)11-13)25-19(24)21-14-4-6-15(26-2)7-5-14/h3-8,11-12,18,22-23H,9-10H2,1-2H3,(H,21,24)/t12-,18+/m1/s1. The zero-order chi connectivity index (χ0) is 19.1. The summed E-state index contributed by atoms with van der Waals surface area (Å²) in [4.78, 5) is 13.3. The van der Waals surface area contributed by atoms with E-state index in [0.717, 1.165) is 11.0 Å². The first-order valence-electron chi connectivity index (χ1n) is 8.15. The molecule has 26 heavy (non-hydrogen) atoms. The van der Waals surface area contributed by atoms with Gasteiger partial charge in [-0.15, -0.1) is 11.8 Å². The van der Waals surface area contributed by atoms with Crippen molar-refractivity contribution in [1.29, 1.82) is 0 Å². The summed E-state index contributed by atoms with van der Waals surface area (Å²) in [6.07, 6.45) is 0.900. The van der Waals surface area contributed by atoms with Crippen LogP contribution in [-0.2, 0) is 4.74 Å². The minimum absolute atomic E-state index is 0.0840. The number of thioether (sulfide) groups is 1. The van der Waals surface area contributed by atoms with E-state index < -0.39 is 23.8 Å². The molecule has 140 valence electrons. The van der Waals surface area contributed by atoms with Crippen molar-refractivity contribution < 1.29 is 24.1 Å². The van der Waals surface area contributed by atoms with Gasteiger partial charge in [-0.1, -0.05) is 13.0 Å². The molecule has 0 aliphatic carbocycles. The first-order chi connectivity index (χ1) is 12.4. The molecule has 2 rings (SSSR count). The Kier molecular flexibility index (Phi) is 7.29. The van der Waals surface area contributed by atoms with Crippen LogP contribution in [0.25, 0.3) is 0 Å². The van der Waals surface area contributed by atoms with E-state index in [4.69, 9.17) is 4.74 Å². The molecule has 5 nitrogen and oxygen atoms in total. The maximum atomic E-state index is 13.7. The molecule has 0 spiro atoms. The SMILES string of the molecule is CSc1ccc(NC(=O)O[C@H](c2ccc(O)c(F)c2)[C@H](C)CCO)cc1. The van der Waals surface area contributed by atoms with Gasteiger partial charge in [-0.3, -0.25) is 5.32 Å². The lowest BCUT2D eigenvalue weighted by Gasteiger charge is -2.24. The number of aromatic hydroxyl groups is 1. The third kappa shape index (κ3) is 5.37. The Labute approximate surface area is 156 Å². The van der Waals surface area contributed by atoms with Crippen molar-refractivity contribution in [1.82, 2.24) is 0 Å². The predicted molar refractivity (Wildman–Crippen MR) is 100.0 cm³/mol. The lowest BCUT2D eigenvalue weighted by molar-refractivity contribution is 0.0665. The lowest BCUT2D eigenvalue weighted by Crippen LogP contribution is -2.22. The van der Waals surface area contributed by atoms with Crippen molar-refractivity contribution in [3.63, 3.8) is 0 Å². The highest BCUT2D eigenvalue weighted by Gasteiger charge is 2.24. The maximum absolute atomic E-state index is 13.7. The molecule has 0 aliphatic heterocycles. The van der Waals surface area contributed by atoms with E-state index in [1.54, 1.807) is 30.8 Å². The number of carbonyl (C=O) groups excluding carboxylic acids is 1. The Morgan fingerprint density at radius 2 is 1.96 bits per heavy atom. The van der Waals surface area contributed by atoms with Gasteiger partial charge in [0.15, 0.2) is 11.6 Å². The van der Waals surface area contributed by atoms with Gasteiger partial charge in [0.05, 0.1) is 0 Å². The molecule has 3 N–H and O–H groups in total. The van der Waals surface area contributed by atoms with Gasteiger partial charge in [0.25, 0.3) is 0 Å². The van der Waals surface area contributed by atoms with Gasteiger partial charge >= 0.3 is 6.09 Å². The number of aliphatic hydroxyl groups excluding tert-OH is 1. The number of anilines is 1. The highest BCUT2D eigenvalue weighted by Crippen LogP contribution is 2.31. The number of aliphatic hydroxyl groups is 1. The predicted octanol–water partition coefficient (Wildman–Crippen LogP) is 4.56. The monoisotopic (exact) mass is 379 g/mol. The second-order valence-electron chi connectivity index (χ2n) is 5.88. The topological polar surface area (TPSA) is 78.8 Å². The summed E-state index contributed by atoms with van der Waals surface area (Å²) in [5, 5.41) is 21.2. The molecule has 2 aromatic rings. The number of phenols is 1. The normalized spacial score (nSPS) is 13.1. The summed E-state index contributed by atoms with van der Waals surface area (Å²) in [6, 6.07) is 11.1. The molecule has 2 atom stereocenters.